The molecule has 7 aromatic carbocycles. The zero-order valence-corrected chi connectivity index (χ0v) is 35.2. The van der Waals surface area contributed by atoms with E-state index in [4.69, 9.17) is 24.9 Å². The second kappa shape index (κ2) is 15.9. The Kier molecular flexibility index (Phi) is 9.61. The van der Waals surface area contributed by atoms with E-state index in [2.05, 4.69) is 159 Å². The molecule has 1 aromatic heterocycles. The first-order chi connectivity index (χ1) is 31.1. The highest BCUT2D eigenvalue weighted by Gasteiger charge is 2.51. The number of nitrogens with one attached hydrogen (secondary N) is 1. The maximum Gasteiger partial charge on any atom is 0.164 e. The van der Waals surface area contributed by atoms with E-state index >= 15 is 0 Å². The Morgan fingerprint density at radius 3 is 1.57 bits per heavy atom. The molecule has 1 spiro atoms. The van der Waals surface area contributed by atoms with Crippen molar-refractivity contribution in [3.05, 3.63) is 239 Å². The van der Waals surface area contributed by atoms with Crippen molar-refractivity contribution in [3.8, 4) is 45.3 Å². The minimum Gasteiger partial charge on any atom is -0.347 e. The monoisotopic (exact) mass is 812 g/mol. The van der Waals surface area contributed by atoms with Crippen LogP contribution in [0.2, 0.25) is 0 Å². The Morgan fingerprint density at radius 1 is 0.524 bits per heavy atom. The minimum atomic E-state index is -0.522. The maximum atomic E-state index is 5.27. The highest BCUT2D eigenvalue weighted by Crippen LogP contribution is 2.62. The number of aromatic nitrogens is 3. The third-order valence-electron chi connectivity index (χ3n) is 12.8. The van der Waals surface area contributed by atoms with Crippen LogP contribution >= 0.6 is 0 Å². The number of nitrogens with zero attached hydrogens (tertiary/aromatic N) is 5. The second-order valence-electron chi connectivity index (χ2n) is 16.3. The summed E-state index contributed by atoms with van der Waals surface area (Å²) in [4.78, 5) is 25.6. The van der Waals surface area contributed by atoms with Gasteiger partial charge in [-0.1, -0.05) is 201 Å². The molecule has 2 heterocycles. The summed E-state index contributed by atoms with van der Waals surface area (Å²) in [6.45, 7) is 4.57. The first kappa shape index (κ1) is 38.1. The fourth-order valence-electron chi connectivity index (χ4n) is 9.74. The summed E-state index contributed by atoms with van der Waals surface area (Å²) in [6, 6.07) is 65.6. The molecule has 0 saturated heterocycles. The van der Waals surface area contributed by atoms with Crippen molar-refractivity contribution in [1.82, 2.24) is 20.3 Å². The molecule has 2 atom stereocenters. The van der Waals surface area contributed by atoms with E-state index in [1.54, 1.807) is 0 Å². The summed E-state index contributed by atoms with van der Waals surface area (Å²) in [5, 5.41) is 3.74. The van der Waals surface area contributed by atoms with Crippen molar-refractivity contribution in [2.75, 3.05) is 0 Å². The fourth-order valence-corrected chi connectivity index (χ4v) is 9.74. The van der Waals surface area contributed by atoms with E-state index in [1.807, 2.05) is 60.7 Å². The predicted molar refractivity (Wildman–Crippen MR) is 256 cm³/mol. The third-order valence-corrected chi connectivity index (χ3v) is 12.8. The number of benzene rings is 7. The molecule has 0 fully saturated rings. The van der Waals surface area contributed by atoms with Gasteiger partial charge in [-0.05, 0) is 63.9 Å². The Balaban J connectivity index is 1.06. The summed E-state index contributed by atoms with van der Waals surface area (Å²) in [5.41, 5.74) is 14.4. The Hall–Kier alpha value is -7.83. The van der Waals surface area contributed by atoms with Gasteiger partial charge in [0, 0.05) is 33.7 Å². The number of amidine groups is 2. The van der Waals surface area contributed by atoms with Crippen molar-refractivity contribution < 1.29 is 0 Å². The average molecular weight is 813 g/mol. The molecule has 6 nitrogen and oxygen atoms in total. The van der Waals surface area contributed by atoms with Crippen LogP contribution in [0.4, 0.5) is 0 Å². The van der Waals surface area contributed by atoms with Gasteiger partial charge in [0.2, 0.25) is 0 Å². The van der Waals surface area contributed by atoms with Crippen LogP contribution in [0.1, 0.15) is 53.6 Å². The van der Waals surface area contributed by atoms with E-state index in [1.165, 1.54) is 44.5 Å². The van der Waals surface area contributed by atoms with Crippen LogP contribution in [0.5, 0.6) is 0 Å². The molecule has 1 N–H and O–H groups in total. The van der Waals surface area contributed by atoms with E-state index in [-0.39, 0.29) is 12.1 Å². The van der Waals surface area contributed by atoms with Crippen molar-refractivity contribution in [3.63, 3.8) is 0 Å². The highest BCUT2D eigenvalue weighted by atomic mass is 15.2. The van der Waals surface area contributed by atoms with Crippen LogP contribution in [0.15, 0.2) is 216 Å². The molecule has 0 bridgehead atoms. The molecular weight excluding hydrogens is 769 g/mol. The highest BCUT2D eigenvalue weighted by molar-refractivity contribution is 6.13. The largest absolute Gasteiger partial charge is 0.347 e. The molecule has 0 saturated carbocycles. The lowest BCUT2D eigenvalue weighted by molar-refractivity contribution is 0.462. The lowest BCUT2D eigenvalue weighted by atomic mass is 9.70. The molecule has 2 unspecified atom stereocenters. The second-order valence-corrected chi connectivity index (χ2v) is 16.3. The summed E-state index contributed by atoms with van der Waals surface area (Å²) in [5.74, 6) is 3.56. The molecule has 8 aromatic rings. The fraction of sp³-hybridized carbons (Fsp3) is 0.105. The Labute approximate surface area is 368 Å². The maximum absolute atomic E-state index is 5.27. The summed E-state index contributed by atoms with van der Waals surface area (Å²) < 4.78 is 0. The van der Waals surface area contributed by atoms with Crippen LogP contribution in [-0.4, -0.2) is 32.8 Å². The Bertz CT molecular complexity index is 3030. The van der Waals surface area contributed by atoms with Crippen molar-refractivity contribution in [2.45, 2.75) is 31.8 Å². The van der Waals surface area contributed by atoms with Gasteiger partial charge in [-0.15, -0.1) is 0 Å². The van der Waals surface area contributed by atoms with Gasteiger partial charge in [0.25, 0.3) is 0 Å². The number of aliphatic imine (C=N–C) groups is 2. The number of hydrogen-bond acceptors (Lipinski definition) is 6. The number of rotatable bonds is 9. The molecule has 302 valence electrons. The van der Waals surface area contributed by atoms with Gasteiger partial charge >= 0.3 is 0 Å². The zero-order chi connectivity index (χ0) is 42.3. The number of hydrogen-bond donors (Lipinski definition) is 1. The van der Waals surface area contributed by atoms with Gasteiger partial charge in [-0.25, -0.2) is 24.9 Å². The predicted octanol–water partition coefficient (Wildman–Crippen LogP) is 12.4. The SMILES string of the molecule is CCC(/C=C\C1=C(C)C2(c3cc(-c4nc(-c5ccccc5)nc(-c5ccccc5)n4)ccc31)c1ccccc1-c1ccccc12)C1N=C(c2ccccc2)N=C(c2ccccc2)N1. The van der Waals surface area contributed by atoms with Gasteiger partial charge < -0.3 is 5.32 Å². The average Bonchev–Trinajstić information content (AvgIpc) is 3.80. The van der Waals surface area contributed by atoms with E-state index in [9.17, 15) is 0 Å². The lowest BCUT2D eigenvalue weighted by Crippen LogP contribution is -2.42. The topological polar surface area (TPSA) is 75.4 Å². The smallest absolute Gasteiger partial charge is 0.164 e. The molecule has 6 heteroatoms. The van der Waals surface area contributed by atoms with Crippen molar-refractivity contribution in [2.24, 2.45) is 15.9 Å². The van der Waals surface area contributed by atoms with Crippen LogP contribution in [-0.2, 0) is 5.41 Å². The lowest BCUT2D eigenvalue weighted by Gasteiger charge is -2.31. The molecule has 3 aliphatic rings. The third kappa shape index (κ3) is 6.54. The van der Waals surface area contributed by atoms with Crippen LogP contribution < -0.4 is 5.32 Å². The minimum absolute atomic E-state index is 0.0682. The molecule has 0 amide bonds. The summed E-state index contributed by atoms with van der Waals surface area (Å²) in [7, 11) is 0. The number of fused-ring (bicyclic) bond motifs is 7. The molecule has 1 aliphatic heterocycles. The van der Waals surface area contributed by atoms with Crippen LogP contribution in [0, 0.1) is 5.92 Å². The molecule has 11 rings (SSSR count). The summed E-state index contributed by atoms with van der Waals surface area (Å²) >= 11 is 0. The van der Waals surface area contributed by atoms with E-state index in [0.29, 0.717) is 17.5 Å². The first-order valence-corrected chi connectivity index (χ1v) is 21.7. The van der Waals surface area contributed by atoms with Crippen LogP contribution in [0.3, 0.4) is 0 Å². The molecule has 0 radical (unpaired) electrons. The van der Waals surface area contributed by atoms with Gasteiger partial charge in [0.15, 0.2) is 23.3 Å². The quantitative estimate of drug-likeness (QED) is 0.157. The van der Waals surface area contributed by atoms with Gasteiger partial charge in [0.1, 0.15) is 12.0 Å². The first-order valence-electron chi connectivity index (χ1n) is 21.7. The van der Waals surface area contributed by atoms with Gasteiger partial charge in [-0.3, -0.25) is 0 Å². The normalized spacial score (nSPS) is 16.3. The molecule has 63 heavy (non-hydrogen) atoms. The molecule has 2 aliphatic carbocycles. The van der Waals surface area contributed by atoms with Crippen LogP contribution in [0.25, 0.3) is 50.9 Å². The Morgan fingerprint density at radius 2 is 1.02 bits per heavy atom. The zero-order valence-electron chi connectivity index (χ0n) is 35.2. The van der Waals surface area contributed by atoms with Gasteiger partial charge in [0.05, 0.1) is 5.41 Å². The molecular formula is C57H44N6. The number of allylic oxidation sites excluding steroid dienone is 3. The van der Waals surface area contributed by atoms with Crippen molar-refractivity contribution >= 4 is 17.2 Å². The van der Waals surface area contributed by atoms with E-state index in [0.717, 1.165) is 45.9 Å². The standard InChI is InChI=1S/C57H44N6/c1-3-38(51-58-52(39-20-8-4-9-21-39)60-53(59-51)40-22-10-5-11-23-40)32-34-44-37(2)57(48-30-18-16-28-45(48)46-29-17-19-31-49(46)57)50-36-43(33-35-47(44)50)56-62-54(41-24-12-6-13-25-41)61-55(63-56)42-26-14-7-15-27-42/h4-36,38,51H,3H2,1-2H3,(H,58,59,60)/b34-32-. The van der Waals surface area contributed by atoms with E-state index < -0.39 is 5.41 Å². The van der Waals surface area contributed by atoms with Gasteiger partial charge in [-0.2, -0.15) is 0 Å². The van der Waals surface area contributed by atoms with Crippen molar-refractivity contribution in [1.29, 1.82) is 0 Å². The summed E-state index contributed by atoms with van der Waals surface area (Å²) in [6.07, 6.45) is 5.38.